The van der Waals surface area contributed by atoms with Crippen LogP contribution in [0.15, 0.2) is 53.2 Å². The Balaban J connectivity index is 1.98. The van der Waals surface area contributed by atoms with E-state index in [1.807, 2.05) is 52.9 Å². The molecular weight excluding hydrogens is 465 g/mol. The van der Waals surface area contributed by atoms with Gasteiger partial charge >= 0.3 is 11.9 Å². The summed E-state index contributed by atoms with van der Waals surface area (Å²) in [4.78, 5) is 27.7. The van der Waals surface area contributed by atoms with Gasteiger partial charge in [0, 0.05) is 5.56 Å². The maximum Gasteiger partial charge on any atom is 0.368 e. The van der Waals surface area contributed by atoms with Crippen LogP contribution in [-0.2, 0) is 14.4 Å². The number of hydrogen-bond donors (Lipinski definition) is 1. The monoisotopic (exact) mass is 479 g/mol. The summed E-state index contributed by atoms with van der Waals surface area (Å²) < 4.78 is 11.2. The number of nitrogens with zero attached hydrogens (tertiary/aromatic N) is 1. The van der Waals surface area contributed by atoms with Gasteiger partial charge in [-0.05, 0) is 46.4 Å². The highest BCUT2D eigenvalue weighted by atomic mass is 127. The van der Waals surface area contributed by atoms with Crippen molar-refractivity contribution in [2.75, 3.05) is 13.7 Å². The van der Waals surface area contributed by atoms with Crippen molar-refractivity contribution >= 4 is 46.3 Å². The first-order valence-electron chi connectivity index (χ1n) is 7.78. The highest BCUT2D eigenvalue weighted by Gasteiger charge is 2.27. The van der Waals surface area contributed by atoms with E-state index in [-0.39, 0.29) is 0 Å². The Hall–Kier alpha value is -2.88. The molecule has 27 heavy (non-hydrogen) atoms. The SMILES string of the molecule is COc1cc(/C=C2\C(=O)ON=C2c2ccccc2)cc(I)c1OCC(=O)O. The van der Waals surface area contributed by atoms with Crippen LogP contribution in [0.5, 0.6) is 11.5 Å². The largest absolute Gasteiger partial charge is 0.493 e. The third kappa shape index (κ3) is 4.27. The lowest BCUT2D eigenvalue weighted by molar-refractivity contribution is -0.139. The molecule has 2 aromatic carbocycles. The first-order valence-corrected chi connectivity index (χ1v) is 8.86. The summed E-state index contributed by atoms with van der Waals surface area (Å²) in [6.45, 7) is -0.482. The molecule has 0 amide bonds. The predicted molar refractivity (Wildman–Crippen MR) is 106 cm³/mol. The Morgan fingerprint density at radius 3 is 2.70 bits per heavy atom. The maximum absolute atomic E-state index is 12.1. The Labute approximate surface area is 168 Å². The van der Waals surface area contributed by atoms with Gasteiger partial charge in [-0.2, -0.15) is 0 Å². The number of carbonyl (C=O) groups is 2. The molecule has 0 fully saturated rings. The van der Waals surface area contributed by atoms with E-state index in [0.29, 0.717) is 31.9 Å². The molecule has 0 spiro atoms. The second kappa shape index (κ2) is 8.21. The first kappa shape index (κ1) is 18.9. The lowest BCUT2D eigenvalue weighted by atomic mass is 10.0. The van der Waals surface area contributed by atoms with Crippen LogP contribution in [0, 0.1) is 3.57 Å². The van der Waals surface area contributed by atoms with Crippen LogP contribution >= 0.6 is 22.6 Å². The number of aliphatic carboxylic acids is 1. The molecule has 3 rings (SSSR count). The Morgan fingerprint density at radius 2 is 2.04 bits per heavy atom. The third-order valence-corrected chi connectivity index (χ3v) is 4.45. The van der Waals surface area contributed by atoms with Crippen LogP contribution in [0.3, 0.4) is 0 Å². The van der Waals surface area contributed by atoms with Gasteiger partial charge in [-0.25, -0.2) is 9.59 Å². The smallest absolute Gasteiger partial charge is 0.368 e. The molecular formula is C19H14INO6. The van der Waals surface area contributed by atoms with Gasteiger partial charge in [0.15, 0.2) is 18.1 Å². The topological polar surface area (TPSA) is 94.4 Å². The van der Waals surface area contributed by atoms with Crippen molar-refractivity contribution < 1.29 is 29.0 Å². The average molecular weight is 479 g/mol. The van der Waals surface area contributed by atoms with Gasteiger partial charge in [0.25, 0.3) is 0 Å². The summed E-state index contributed by atoms with van der Waals surface area (Å²) in [6.07, 6.45) is 1.65. The van der Waals surface area contributed by atoms with Gasteiger partial charge in [0.1, 0.15) is 5.71 Å². The van der Waals surface area contributed by atoms with E-state index in [4.69, 9.17) is 19.4 Å². The van der Waals surface area contributed by atoms with E-state index in [9.17, 15) is 9.59 Å². The quantitative estimate of drug-likeness (QED) is 0.389. The molecule has 7 nitrogen and oxygen atoms in total. The van der Waals surface area contributed by atoms with Crippen LogP contribution in [0.25, 0.3) is 6.08 Å². The molecule has 0 saturated heterocycles. The molecule has 0 atom stereocenters. The van der Waals surface area contributed by atoms with Crippen LogP contribution in [0.2, 0.25) is 0 Å². The fraction of sp³-hybridized carbons (Fsp3) is 0.105. The Kier molecular flexibility index (Phi) is 5.75. The summed E-state index contributed by atoms with van der Waals surface area (Å²) in [7, 11) is 1.46. The number of hydrogen-bond acceptors (Lipinski definition) is 6. The number of carboxylic acid groups (broad SMARTS) is 1. The van der Waals surface area contributed by atoms with Gasteiger partial charge in [-0.3, -0.25) is 0 Å². The number of rotatable bonds is 6. The van der Waals surface area contributed by atoms with E-state index in [1.54, 1.807) is 18.2 Å². The number of oxime groups is 1. The highest BCUT2D eigenvalue weighted by molar-refractivity contribution is 14.1. The zero-order valence-corrected chi connectivity index (χ0v) is 16.3. The summed E-state index contributed by atoms with van der Waals surface area (Å²) in [5.41, 5.74) is 2.19. The summed E-state index contributed by atoms with van der Waals surface area (Å²) >= 11 is 2.02. The molecule has 1 N–H and O–H groups in total. The van der Waals surface area contributed by atoms with Crippen LogP contribution in [-0.4, -0.2) is 36.5 Å². The Morgan fingerprint density at radius 1 is 1.30 bits per heavy atom. The summed E-state index contributed by atoms with van der Waals surface area (Å²) in [5, 5.41) is 12.7. The van der Waals surface area contributed by atoms with Crippen molar-refractivity contribution in [1.29, 1.82) is 0 Å². The van der Waals surface area contributed by atoms with Gasteiger partial charge in [-0.1, -0.05) is 35.5 Å². The second-order valence-corrected chi connectivity index (χ2v) is 6.62. The standard InChI is InChI=1S/C19H14INO6/c1-25-15-9-11(8-14(20)18(15)26-10-16(22)23)7-13-17(21-27-19(13)24)12-5-3-2-4-6-12/h2-9H,10H2,1H3,(H,22,23)/b13-7-. The van der Waals surface area contributed by atoms with Gasteiger partial charge in [0.2, 0.25) is 0 Å². The molecule has 0 radical (unpaired) electrons. The molecule has 1 heterocycles. The van der Waals surface area contributed by atoms with Gasteiger partial charge in [0.05, 0.1) is 16.3 Å². The molecule has 1 aliphatic rings. The highest BCUT2D eigenvalue weighted by Crippen LogP contribution is 2.35. The fourth-order valence-corrected chi connectivity index (χ4v) is 3.26. The van der Waals surface area contributed by atoms with Crippen molar-refractivity contribution in [2.45, 2.75) is 0 Å². The number of carbonyl (C=O) groups excluding carboxylic acids is 1. The minimum Gasteiger partial charge on any atom is -0.493 e. The molecule has 0 aliphatic carbocycles. The lowest BCUT2D eigenvalue weighted by Gasteiger charge is -2.12. The molecule has 8 heteroatoms. The van der Waals surface area contributed by atoms with E-state index in [0.717, 1.165) is 5.56 Å². The van der Waals surface area contributed by atoms with Crippen molar-refractivity contribution in [3.63, 3.8) is 0 Å². The zero-order valence-electron chi connectivity index (χ0n) is 14.1. The third-order valence-electron chi connectivity index (χ3n) is 3.64. The fourth-order valence-electron chi connectivity index (χ4n) is 2.48. The van der Waals surface area contributed by atoms with Crippen molar-refractivity contribution in [3.05, 3.63) is 62.7 Å². The number of ether oxygens (including phenoxy) is 2. The van der Waals surface area contributed by atoms with E-state index in [2.05, 4.69) is 5.16 Å². The van der Waals surface area contributed by atoms with Crippen LogP contribution in [0.4, 0.5) is 0 Å². The van der Waals surface area contributed by atoms with Crippen molar-refractivity contribution in [2.24, 2.45) is 5.16 Å². The van der Waals surface area contributed by atoms with Crippen LogP contribution < -0.4 is 9.47 Å². The van der Waals surface area contributed by atoms with Crippen LogP contribution in [0.1, 0.15) is 11.1 Å². The Bertz CT molecular complexity index is 952. The molecule has 0 saturated carbocycles. The number of benzene rings is 2. The summed E-state index contributed by atoms with van der Waals surface area (Å²) in [6, 6.07) is 12.6. The predicted octanol–water partition coefficient (Wildman–Crippen LogP) is 3.11. The van der Waals surface area contributed by atoms with E-state index < -0.39 is 18.5 Å². The summed E-state index contributed by atoms with van der Waals surface area (Å²) in [5.74, 6) is -0.946. The molecule has 0 unspecified atom stereocenters. The van der Waals surface area contributed by atoms with Crippen molar-refractivity contribution in [3.8, 4) is 11.5 Å². The molecule has 0 aromatic heterocycles. The zero-order chi connectivity index (χ0) is 19.4. The number of methoxy groups -OCH3 is 1. The lowest BCUT2D eigenvalue weighted by Crippen LogP contribution is -2.11. The van der Waals surface area contributed by atoms with Crippen molar-refractivity contribution in [1.82, 2.24) is 0 Å². The molecule has 0 bridgehead atoms. The minimum atomic E-state index is -1.09. The van der Waals surface area contributed by atoms with E-state index in [1.165, 1.54) is 7.11 Å². The number of halogens is 1. The first-order chi connectivity index (χ1) is 13.0. The van der Waals surface area contributed by atoms with Gasteiger partial charge in [-0.15, -0.1) is 0 Å². The maximum atomic E-state index is 12.1. The number of carboxylic acids is 1. The molecule has 138 valence electrons. The van der Waals surface area contributed by atoms with E-state index >= 15 is 0 Å². The van der Waals surface area contributed by atoms with Gasteiger partial charge < -0.3 is 19.4 Å². The minimum absolute atomic E-state index is 0.318. The molecule has 1 aliphatic heterocycles. The normalized spacial score (nSPS) is 14.7. The second-order valence-electron chi connectivity index (χ2n) is 5.46. The molecule has 2 aromatic rings. The average Bonchev–Trinajstić information content (AvgIpc) is 3.01.